The number of rotatable bonds is 9. The van der Waals surface area contributed by atoms with Gasteiger partial charge in [0.1, 0.15) is 28.3 Å². The van der Waals surface area contributed by atoms with Crippen LogP contribution in [0.2, 0.25) is 0 Å². The Morgan fingerprint density at radius 1 is 1.38 bits per heavy atom. The van der Waals surface area contributed by atoms with Gasteiger partial charge in [0.15, 0.2) is 0 Å². The molecule has 0 aliphatic rings. The standard InChI is InChI=1S/C14H20N2O4S/c1-21(18,19)8-2-7-16-10-13(17)11-20-14-5-3-12(9-15)4-6-14/h3-6,13,16-17H,2,7-8,10-11H2,1H3/t13-/m1/s1. The molecule has 0 aliphatic heterocycles. The van der Waals surface area contributed by atoms with Gasteiger partial charge in [0.25, 0.3) is 0 Å². The van der Waals surface area contributed by atoms with Gasteiger partial charge in [-0.3, -0.25) is 0 Å². The van der Waals surface area contributed by atoms with Crippen LogP contribution in [0.3, 0.4) is 0 Å². The molecule has 1 aromatic carbocycles. The Kier molecular flexibility index (Phi) is 7.15. The lowest BCUT2D eigenvalue weighted by atomic mass is 10.2. The molecule has 0 aromatic heterocycles. The van der Waals surface area contributed by atoms with Crippen molar-refractivity contribution in [3.63, 3.8) is 0 Å². The summed E-state index contributed by atoms with van der Waals surface area (Å²) in [5.74, 6) is 0.725. The minimum Gasteiger partial charge on any atom is -0.491 e. The minimum atomic E-state index is -2.93. The van der Waals surface area contributed by atoms with Crippen LogP contribution in [0.25, 0.3) is 0 Å². The van der Waals surface area contributed by atoms with Gasteiger partial charge in [-0.15, -0.1) is 0 Å². The van der Waals surface area contributed by atoms with Gasteiger partial charge in [0, 0.05) is 12.8 Å². The van der Waals surface area contributed by atoms with Crippen LogP contribution in [0.4, 0.5) is 0 Å². The highest BCUT2D eigenvalue weighted by atomic mass is 32.2. The molecule has 7 heteroatoms. The first-order chi connectivity index (χ1) is 9.90. The Balaban J connectivity index is 2.16. The molecule has 2 N–H and O–H groups in total. The average molecular weight is 312 g/mol. The number of nitriles is 1. The van der Waals surface area contributed by atoms with Gasteiger partial charge in [0.05, 0.1) is 17.4 Å². The molecule has 0 amide bonds. The van der Waals surface area contributed by atoms with Crippen LogP contribution >= 0.6 is 0 Å². The largest absolute Gasteiger partial charge is 0.491 e. The van der Waals surface area contributed by atoms with E-state index in [2.05, 4.69) is 5.32 Å². The molecule has 6 nitrogen and oxygen atoms in total. The van der Waals surface area contributed by atoms with Gasteiger partial charge in [-0.1, -0.05) is 0 Å². The van der Waals surface area contributed by atoms with E-state index in [-0.39, 0.29) is 12.4 Å². The van der Waals surface area contributed by atoms with E-state index in [9.17, 15) is 13.5 Å². The fourth-order valence-corrected chi connectivity index (χ4v) is 2.27. The Hall–Kier alpha value is -1.62. The Bertz CT molecular complexity index is 564. The second-order valence-corrected chi connectivity index (χ2v) is 7.05. The van der Waals surface area contributed by atoms with Crippen LogP contribution < -0.4 is 10.1 Å². The Morgan fingerprint density at radius 2 is 2.05 bits per heavy atom. The highest BCUT2D eigenvalue weighted by Crippen LogP contribution is 2.11. The molecular weight excluding hydrogens is 292 g/mol. The Morgan fingerprint density at radius 3 is 2.62 bits per heavy atom. The number of hydrogen-bond donors (Lipinski definition) is 2. The summed E-state index contributed by atoms with van der Waals surface area (Å²) in [6, 6.07) is 8.64. The van der Waals surface area contributed by atoms with E-state index in [0.29, 0.717) is 30.8 Å². The average Bonchev–Trinajstić information content (AvgIpc) is 2.44. The fourth-order valence-electron chi connectivity index (χ4n) is 1.61. The zero-order valence-electron chi connectivity index (χ0n) is 11.9. The first-order valence-corrected chi connectivity index (χ1v) is 8.66. The molecule has 0 fully saturated rings. The molecule has 1 rings (SSSR count). The number of nitrogens with zero attached hydrogens (tertiary/aromatic N) is 1. The van der Waals surface area contributed by atoms with E-state index in [1.807, 2.05) is 6.07 Å². The molecule has 0 aliphatic carbocycles. The van der Waals surface area contributed by atoms with E-state index in [1.165, 1.54) is 6.26 Å². The predicted molar refractivity (Wildman–Crippen MR) is 79.9 cm³/mol. The number of aliphatic hydroxyl groups excluding tert-OH is 1. The lowest BCUT2D eigenvalue weighted by Gasteiger charge is -2.13. The van der Waals surface area contributed by atoms with E-state index in [1.54, 1.807) is 24.3 Å². The maximum absolute atomic E-state index is 10.9. The summed E-state index contributed by atoms with van der Waals surface area (Å²) in [6.45, 7) is 0.992. The molecule has 21 heavy (non-hydrogen) atoms. The topological polar surface area (TPSA) is 99.4 Å². The normalized spacial score (nSPS) is 12.6. The zero-order chi connectivity index (χ0) is 15.7. The maximum atomic E-state index is 10.9. The second-order valence-electron chi connectivity index (χ2n) is 4.79. The maximum Gasteiger partial charge on any atom is 0.147 e. The smallest absolute Gasteiger partial charge is 0.147 e. The van der Waals surface area contributed by atoms with E-state index >= 15 is 0 Å². The highest BCUT2D eigenvalue weighted by molar-refractivity contribution is 7.90. The van der Waals surface area contributed by atoms with Gasteiger partial charge < -0.3 is 15.2 Å². The summed E-state index contributed by atoms with van der Waals surface area (Å²) >= 11 is 0. The van der Waals surface area contributed by atoms with Gasteiger partial charge >= 0.3 is 0 Å². The quantitative estimate of drug-likeness (QED) is 0.637. The van der Waals surface area contributed by atoms with Gasteiger partial charge in [-0.05, 0) is 37.2 Å². The van der Waals surface area contributed by atoms with Crippen molar-refractivity contribution in [3.8, 4) is 11.8 Å². The van der Waals surface area contributed by atoms with E-state index in [0.717, 1.165) is 0 Å². The van der Waals surface area contributed by atoms with Crippen molar-refractivity contribution < 1.29 is 18.3 Å². The molecule has 0 radical (unpaired) electrons. The van der Waals surface area contributed by atoms with Crippen molar-refractivity contribution in [2.75, 3.05) is 31.7 Å². The number of benzene rings is 1. The zero-order valence-corrected chi connectivity index (χ0v) is 12.8. The summed E-state index contributed by atoms with van der Waals surface area (Å²) in [5.41, 5.74) is 0.551. The first-order valence-electron chi connectivity index (χ1n) is 6.60. The van der Waals surface area contributed by atoms with Gasteiger partial charge in [-0.2, -0.15) is 5.26 Å². The summed E-state index contributed by atoms with van der Waals surface area (Å²) in [7, 11) is -2.93. The van der Waals surface area contributed by atoms with Crippen LogP contribution in [0.1, 0.15) is 12.0 Å². The molecule has 0 unspecified atom stereocenters. The lowest BCUT2D eigenvalue weighted by molar-refractivity contribution is 0.106. The van der Waals surface area contributed by atoms with Crippen LogP contribution in [0, 0.1) is 11.3 Å². The van der Waals surface area contributed by atoms with Crippen molar-refractivity contribution in [1.29, 1.82) is 5.26 Å². The third-order valence-electron chi connectivity index (χ3n) is 2.67. The summed E-state index contributed by atoms with van der Waals surface area (Å²) in [5, 5.41) is 21.3. The molecule has 0 saturated carbocycles. The van der Waals surface area contributed by atoms with Crippen molar-refractivity contribution in [1.82, 2.24) is 5.32 Å². The summed E-state index contributed by atoms with van der Waals surface area (Å²) in [4.78, 5) is 0. The molecule has 116 valence electrons. The molecule has 0 saturated heterocycles. The van der Waals surface area contributed by atoms with Gasteiger partial charge in [0.2, 0.25) is 0 Å². The van der Waals surface area contributed by atoms with E-state index < -0.39 is 15.9 Å². The van der Waals surface area contributed by atoms with Crippen molar-refractivity contribution >= 4 is 9.84 Å². The van der Waals surface area contributed by atoms with Crippen LogP contribution in [-0.4, -0.2) is 51.3 Å². The predicted octanol–water partition coefficient (Wildman–Crippen LogP) is 0.322. The number of nitrogens with one attached hydrogen (secondary N) is 1. The molecule has 0 spiro atoms. The van der Waals surface area contributed by atoms with Crippen LogP contribution in [-0.2, 0) is 9.84 Å². The van der Waals surface area contributed by atoms with Gasteiger partial charge in [-0.25, -0.2) is 8.42 Å². The highest BCUT2D eigenvalue weighted by Gasteiger charge is 2.06. The Labute approximate surface area is 125 Å². The molecule has 0 bridgehead atoms. The number of aliphatic hydroxyl groups is 1. The number of hydrogen-bond acceptors (Lipinski definition) is 6. The lowest BCUT2D eigenvalue weighted by Crippen LogP contribution is -2.32. The van der Waals surface area contributed by atoms with Crippen molar-refractivity contribution in [3.05, 3.63) is 29.8 Å². The SMILES string of the molecule is CS(=O)(=O)CCCNC[C@@H](O)COc1ccc(C#N)cc1. The first kappa shape index (κ1) is 17.4. The monoisotopic (exact) mass is 312 g/mol. The fraction of sp³-hybridized carbons (Fsp3) is 0.500. The minimum absolute atomic E-state index is 0.130. The molecule has 0 heterocycles. The number of sulfone groups is 1. The summed E-state index contributed by atoms with van der Waals surface area (Å²) < 4.78 is 27.2. The summed E-state index contributed by atoms with van der Waals surface area (Å²) in [6.07, 6.45) is 1.04. The van der Waals surface area contributed by atoms with Crippen LogP contribution in [0.5, 0.6) is 5.75 Å². The third kappa shape index (κ3) is 8.30. The van der Waals surface area contributed by atoms with E-state index in [4.69, 9.17) is 10.00 Å². The third-order valence-corrected chi connectivity index (χ3v) is 3.70. The second kappa shape index (κ2) is 8.62. The van der Waals surface area contributed by atoms with Crippen LogP contribution in [0.15, 0.2) is 24.3 Å². The number of ether oxygens (including phenoxy) is 1. The molecule has 1 atom stereocenters. The molecular formula is C14H20N2O4S. The van der Waals surface area contributed by atoms with Crippen molar-refractivity contribution in [2.24, 2.45) is 0 Å². The molecule has 1 aromatic rings. The van der Waals surface area contributed by atoms with Crippen molar-refractivity contribution in [2.45, 2.75) is 12.5 Å².